The van der Waals surface area contributed by atoms with Crippen molar-refractivity contribution >= 4 is 45.5 Å². The molecule has 4 atom stereocenters. The molecule has 2 N–H and O–H groups in total. The van der Waals surface area contributed by atoms with Gasteiger partial charge in [-0.05, 0) is 0 Å². The Hall–Kier alpha value is -3.17. The molecule has 58 heavy (non-hydrogen) atoms. The molecule has 0 radical (unpaired) electrons. The molecule has 2 amide bonds. The van der Waals surface area contributed by atoms with Gasteiger partial charge in [0.25, 0.3) is 0 Å². The van der Waals surface area contributed by atoms with E-state index in [9.17, 15) is 9.59 Å². The average Bonchev–Trinajstić information content (AvgIpc) is 3.82. The van der Waals surface area contributed by atoms with Crippen LogP contribution in [-0.4, -0.2) is 16.3 Å². The van der Waals surface area contributed by atoms with Crippen LogP contribution in [0.25, 0.3) is 34.4 Å². The zero-order chi connectivity index (χ0) is 41.8. The molecule has 0 fully saturated rings. The molecule has 4 nitrogen and oxygen atoms in total. The Morgan fingerprint density at radius 2 is 0.966 bits per heavy atom. The fraction of sp³-hybridized carbons (Fsp3) is 0.400. The number of amides is 2. The fourth-order valence-electron chi connectivity index (χ4n) is 9.83. The van der Waals surface area contributed by atoms with Gasteiger partial charge in [0, 0.05) is 0 Å². The van der Waals surface area contributed by atoms with E-state index in [1.165, 1.54) is 44.5 Å². The van der Waals surface area contributed by atoms with E-state index < -0.39 is 20.7 Å². The van der Waals surface area contributed by atoms with Crippen LogP contribution < -0.4 is 10.5 Å². The summed E-state index contributed by atoms with van der Waals surface area (Å²) < 4.78 is -1.71. The second-order valence-corrected chi connectivity index (χ2v) is 38.1. The van der Waals surface area contributed by atoms with Crippen molar-refractivity contribution in [1.29, 1.82) is 0 Å². The Kier molecular flexibility index (Phi) is 14.2. The van der Waals surface area contributed by atoms with Gasteiger partial charge in [0.05, 0.1) is 0 Å². The molecule has 0 heterocycles. The Morgan fingerprint density at radius 1 is 0.586 bits per heavy atom. The molecule has 2 aliphatic carbocycles. The molecule has 2 aliphatic rings. The van der Waals surface area contributed by atoms with Gasteiger partial charge in [-0.2, -0.15) is 0 Å². The SMILES string of the molecule is CCCC1=Cc2c(-c3ccccc3C(C)CC)cccc2[CH]1[Zr]([Cl])([Cl])([B](NC(=O)CC)NC(=O)CC)[CH]1C(CCC)=Cc2c(-c3ccccc3C(C)CC)cccc21. The molecule has 8 heteroatoms. The first-order chi connectivity index (χ1) is 27.9. The predicted octanol–water partition coefficient (Wildman–Crippen LogP) is 14.3. The normalized spacial score (nSPS) is 17.6. The molecule has 6 rings (SSSR count). The number of hydrogen-bond acceptors (Lipinski definition) is 2. The molecule has 4 aromatic carbocycles. The van der Waals surface area contributed by atoms with E-state index in [4.69, 9.17) is 17.0 Å². The third-order valence-electron chi connectivity index (χ3n) is 13.1. The number of nitrogens with one attached hydrogen (secondary N) is 2. The van der Waals surface area contributed by atoms with Gasteiger partial charge in [-0.25, -0.2) is 0 Å². The maximum atomic E-state index is 13.8. The van der Waals surface area contributed by atoms with Gasteiger partial charge in [0.15, 0.2) is 0 Å². The number of fused-ring (bicyclic) bond motifs is 2. The van der Waals surface area contributed by atoms with Crippen LogP contribution in [0.2, 0.25) is 0 Å². The van der Waals surface area contributed by atoms with Crippen molar-refractivity contribution in [2.45, 2.75) is 126 Å². The second-order valence-electron chi connectivity index (χ2n) is 16.7. The first kappa shape index (κ1) is 44.4. The van der Waals surface area contributed by atoms with E-state index in [0.717, 1.165) is 60.8 Å². The van der Waals surface area contributed by atoms with Crippen molar-refractivity contribution in [2.75, 3.05) is 0 Å². The number of hydrogen-bond donors (Lipinski definition) is 2. The molecule has 4 unspecified atom stereocenters. The number of halogens is 2. The van der Waals surface area contributed by atoms with E-state index in [1.807, 2.05) is 13.8 Å². The summed E-state index contributed by atoms with van der Waals surface area (Å²) in [6.45, 7) is 17.2. The quantitative estimate of drug-likeness (QED) is 0.104. The zero-order valence-corrected chi connectivity index (χ0v) is 39.8. The first-order valence-electron chi connectivity index (χ1n) is 21.9. The molecule has 0 bridgehead atoms. The standard InChI is InChI=1S/2C22H25.C6H11BN2O2.2ClH.Zr/c2*1-4-9-17-14-18-10-8-13-21(22(18)15-17)20-12-7-6-11-19(20)16(3)5-2;1-3-5(10)8-7-9-6(11)4-2;;;/h2*6-8,10-16H,4-5,9H2,1-3H3;3-4H2,1-2H3,(H-,8,9,10,11);2*1H;/q;;;;;+1/p-1. The van der Waals surface area contributed by atoms with Crippen molar-refractivity contribution in [3.05, 3.63) is 129 Å². The summed E-state index contributed by atoms with van der Waals surface area (Å²) >= 11 is -6.01. The zero-order valence-electron chi connectivity index (χ0n) is 35.9. The van der Waals surface area contributed by atoms with E-state index in [-0.39, 0.29) is 31.9 Å². The van der Waals surface area contributed by atoms with Crippen LogP contribution in [0.4, 0.5) is 0 Å². The summed E-state index contributed by atoms with van der Waals surface area (Å²) in [4.78, 5) is 27.6. The topological polar surface area (TPSA) is 58.2 Å². The number of carbonyl (C=O) groups excluding carboxylic acids is 2. The summed E-state index contributed by atoms with van der Waals surface area (Å²) in [5.74, 6) is 0.384. The molecular weight excluding hydrogens is 834 g/mol. The van der Waals surface area contributed by atoms with Gasteiger partial charge in [-0.1, -0.05) is 0 Å². The van der Waals surface area contributed by atoms with Crippen molar-refractivity contribution in [1.82, 2.24) is 10.5 Å². The van der Waals surface area contributed by atoms with E-state index in [2.05, 4.69) is 149 Å². The van der Waals surface area contributed by atoms with Crippen molar-refractivity contribution < 1.29 is 25.8 Å². The summed E-state index contributed by atoms with van der Waals surface area (Å²) in [5.41, 5.74) is 14.3. The Morgan fingerprint density at radius 3 is 1.33 bits per heavy atom. The van der Waals surface area contributed by atoms with E-state index in [0.29, 0.717) is 11.8 Å². The summed E-state index contributed by atoms with van der Waals surface area (Å²) in [7, 11) is 17.9. The van der Waals surface area contributed by atoms with Gasteiger partial charge in [-0.3, -0.25) is 0 Å². The Labute approximate surface area is 356 Å². The predicted molar refractivity (Wildman–Crippen MR) is 247 cm³/mol. The summed E-state index contributed by atoms with van der Waals surface area (Å²) in [6.07, 6.45) is 10.6. The van der Waals surface area contributed by atoms with E-state index in [1.54, 1.807) is 0 Å². The van der Waals surface area contributed by atoms with Crippen LogP contribution in [0.1, 0.15) is 159 Å². The molecule has 305 valence electrons. The first-order valence-corrected chi connectivity index (χ1v) is 32.5. The van der Waals surface area contributed by atoms with Gasteiger partial charge >= 0.3 is 359 Å². The number of carbonyl (C=O) groups is 2. The van der Waals surface area contributed by atoms with Crippen LogP contribution in [0, 0.1) is 0 Å². The molecule has 0 aliphatic heterocycles. The number of benzene rings is 4. The molecular formula is C50H62BCl2N2O2Zr. The maximum absolute atomic E-state index is 13.8. The molecule has 4 aromatic rings. The fourth-order valence-corrected chi connectivity index (χ4v) is 30.6. The average molecular weight is 896 g/mol. The van der Waals surface area contributed by atoms with Crippen LogP contribution in [0.3, 0.4) is 0 Å². The van der Waals surface area contributed by atoms with Gasteiger partial charge < -0.3 is 0 Å². The van der Waals surface area contributed by atoms with Crippen molar-refractivity contribution in [3.63, 3.8) is 0 Å². The second kappa shape index (κ2) is 18.6. The van der Waals surface area contributed by atoms with Crippen LogP contribution in [0.15, 0.2) is 96.1 Å². The molecule has 0 spiro atoms. The number of allylic oxidation sites excluding steroid dienone is 2. The Balaban J connectivity index is 1.71. The molecule has 0 saturated carbocycles. The molecule has 0 saturated heterocycles. The Bertz CT molecular complexity index is 2080. The third-order valence-corrected chi connectivity index (χ3v) is 33.0. The van der Waals surface area contributed by atoms with Crippen molar-refractivity contribution in [2.24, 2.45) is 0 Å². The number of rotatable bonds is 17. The molecule has 0 aromatic heterocycles. The minimum absolute atomic E-state index is 0.186. The summed E-state index contributed by atoms with van der Waals surface area (Å²) in [5, 5.41) is 6.63. The van der Waals surface area contributed by atoms with Crippen LogP contribution >= 0.6 is 17.0 Å². The van der Waals surface area contributed by atoms with E-state index >= 15 is 0 Å². The van der Waals surface area contributed by atoms with Gasteiger partial charge in [0.1, 0.15) is 0 Å². The van der Waals surface area contributed by atoms with Gasteiger partial charge in [-0.15, -0.1) is 0 Å². The van der Waals surface area contributed by atoms with Gasteiger partial charge in [0.2, 0.25) is 0 Å². The van der Waals surface area contributed by atoms with Crippen LogP contribution in [0.5, 0.6) is 0 Å². The summed E-state index contributed by atoms with van der Waals surface area (Å²) in [6, 6.07) is 30.7. The van der Waals surface area contributed by atoms with Crippen molar-refractivity contribution in [3.8, 4) is 22.3 Å². The third kappa shape index (κ3) is 8.04. The monoisotopic (exact) mass is 893 g/mol. The van der Waals surface area contributed by atoms with Crippen LogP contribution in [-0.2, 0) is 25.8 Å². The minimum atomic E-state index is -6.01.